The first-order chi connectivity index (χ1) is 15.6. The van der Waals surface area contributed by atoms with E-state index in [0.29, 0.717) is 17.9 Å². The minimum absolute atomic E-state index is 0.0336. The predicted molar refractivity (Wildman–Crippen MR) is 119 cm³/mol. The molecular weight excluding hydrogens is 432 g/mol. The quantitative estimate of drug-likeness (QED) is 0.206. The van der Waals surface area contributed by atoms with Gasteiger partial charge in [-0.2, -0.15) is 0 Å². The highest BCUT2D eigenvalue weighted by atomic mass is 16.8. The molecule has 0 radical (unpaired) electrons. The van der Waals surface area contributed by atoms with E-state index in [4.69, 9.17) is 18.9 Å². The number of benzene rings is 1. The van der Waals surface area contributed by atoms with Gasteiger partial charge in [0.2, 0.25) is 0 Å². The van der Waals surface area contributed by atoms with Crippen LogP contribution >= 0.6 is 0 Å². The van der Waals surface area contributed by atoms with Crippen LogP contribution in [0.15, 0.2) is 18.2 Å². The maximum atomic E-state index is 12.0. The van der Waals surface area contributed by atoms with Crippen molar-refractivity contribution in [3.63, 3.8) is 0 Å². The lowest BCUT2D eigenvalue weighted by Gasteiger charge is -2.43. The Morgan fingerprint density at radius 2 is 1.79 bits per heavy atom. The van der Waals surface area contributed by atoms with Gasteiger partial charge in [-0.25, -0.2) is 0 Å². The number of esters is 1. The van der Waals surface area contributed by atoms with Crippen LogP contribution in [-0.4, -0.2) is 63.9 Å². The van der Waals surface area contributed by atoms with Crippen LogP contribution in [-0.2, 0) is 20.9 Å². The van der Waals surface area contributed by atoms with E-state index < -0.39 is 30.4 Å². The lowest BCUT2D eigenvalue weighted by molar-refractivity contribution is -0.418. The van der Waals surface area contributed by atoms with E-state index in [1.807, 2.05) is 0 Å². The van der Waals surface area contributed by atoms with Crippen LogP contribution in [0, 0.1) is 5.92 Å². The van der Waals surface area contributed by atoms with Gasteiger partial charge < -0.3 is 39.4 Å². The lowest BCUT2D eigenvalue weighted by atomic mass is 9.98. The van der Waals surface area contributed by atoms with Crippen molar-refractivity contribution in [2.24, 2.45) is 5.92 Å². The first-order valence-corrected chi connectivity index (χ1v) is 11.5. The Hall–Kier alpha value is -1.91. The fourth-order valence-corrected chi connectivity index (χ4v) is 3.63. The van der Waals surface area contributed by atoms with Gasteiger partial charge in [-0.1, -0.05) is 45.6 Å². The second-order valence-electron chi connectivity index (χ2n) is 8.97. The third-order valence-corrected chi connectivity index (χ3v) is 5.68. The molecule has 0 bridgehead atoms. The molecule has 188 valence electrons. The van der Waals surface area contributed by atoms with Gasteiger partial charge in [0.25, 0.3) is 0 Å². The van der Waals surface area contributed by atoms with Crippen molar-refractivity contribution in [1.82, 2.24) is 0 Å². The summed E-state index contributed by atoms with van der Waals surface area (Å²) in [5.41, 5.74) is 0.644. The molecule has 1 heterocycles. The Balaban J connectivity index is 1.88. The van der Waals surface area contributed by atoms with Crippen molar-refractivity contribution in [3.8, 4) is 11.5 Å². The molecule has 1 fully saturated rings. The third kappa shape index (κ3) is 7.82. The normalized spacial score (nSPS) is 27.4. The first kappa shape index (κ1) is 27.3. The van der Waals surface area contributed by atoms with Crippen molar-refractivity contribution in [3.05, 3.63) is 23.8 Å². The van der Waals surface area contributed by atoms with Crippen LogP contribution in [0.2, 0.25) is 0 Å². The molecule has 1 aliphatic rings. The predicted octanol–water partition coefficient (Wildman–Crippen LogP) is 2.26. The number of ether oxygens (including phenoxy) is 4. The topological polar surface area (TPSA) is 135 Å². The number of aliphatic hydroxyl groups is 4. The van der Waals surface area contributed by atoms with Gasteiger partial charge in [0, 0.05) is 6.42 Å². The monoisotopic (exact) mass is 470 g/mol. The molecule has 4 N–H and O–H groups in total. The smallest absolute Gasteiger partial charge is 0.355 e. The van der Waals surface area contributed by atoms with E-state index in [0.717, 1.165) is 19.3 Å². The molecule has 0 amide bonds. The first-order valence-electron chi connectivity index (χ1n) is 11.5. The maximum Gasteiger partial charge on any atom is 0.355 e. The molecule has 9 heteroatoms. The molecule has 9 nitrogen and oxygen atoms in total. The fraction of sp³-hybridized carbons (Fsp3) is 0.708. The Labute approximate surface area is 195 Å². The highest BCUT2D eigenvalue weighted by Crippen LogP contribution is 2.36. The minimum Gasteiger partial charge on any atom is -0.493 e. The van der Waals surface area contributed by atoms with Gasteiger partial charge in [-0.15, -0.1) is 0 Å². The van der Waals surface area contributed by atoms with Crippen LogP contribution in [0.5, 0.6) is 11.5 Å². The number of rotatable bonds is 12. The second-order valence-corrected chi connectivity index (χ2v) is 8.97. The summed E-state index contributed by atoms with van der Waals surface area (Å²) in [5.74, 6) is -1.92. The molecule has 0 aromatic heterocycles. The molecular formula is C24H38O9. The second kappa shape index (κ2) is 12.5. The van der Waals surface area contributed by atoms with Gasteiger partial charge in [0.05, 0.1) is 13.2 Å². The molecule has 0 saturated carbocycles. The number of aliphatic hydroxyl groups excluding tert-OH is 3. The van der Waals surface area contributed by atoms with Crippen LogP contribution in [0.1, 0.15) is 64.9 Å². The average molecular weight is 471 g/mol. The van der Waals surface area contributed by atoms with Gasteiger partial charge in [-0.3, -0.25) is 4.79 Å². The van der Waals surface area contributed by atoms with E-state index in [1.54, 1.807) is 12.1 Å². The molecule has 2 rings (SSSR count). The number of hydrogen-bond acceptors (Lipinski definition) is 9. The van der Waals surface area contributed by atoms with Gasteiger partial charge in [-0.05, 0) is 37.0 Å². The number of carbonyl (C=O) groups excluding carboxylic acids is 1. The van der Waals surface area contributed by atoms with E-state index in [-0.39, 0.29) is 24.1 Å². The highest BCUT2D eigenvalue weighted by molar-refractivity contribution is 5.69. The summed E-state index contributed by atoms with van der Waals surface area (Å²) in [6.07, 6.45) is -0.296. The van der Waals surface area contributed by atoms with Crippen LogP contribution in [0.4, 0.5) is 0 Å². The minimum atomic E-state index is -2.59. The Bertz CT molecular complexity index is 753. The summed E-state index contributed by atoms with van der Waals surface area (Å²) in [6, 6.07) is 4.65. The van der Waals surface area contributed by atoms with E-state index in [2.05, 4.69) is 13.8 Å². The zero-order chi connectivity index (χ0) is 24.6. The molecule has 1 aromatic rings. The molecule has 0 aliphatic carbocycles. The van der Waals surface area contributed by atoms with E-state index in [9.17, 15) is 25.2 Å². The standard InChI is InChI=1S/C24H38O9/c1-15(2)9-7-5-6-8-10-20(25)31-14-17-11-12-18(19(13-17)30-4)33-24(29)23(28)22(27)21(26)16(3)32-24/h11-13,15-16,21-23,26-29H,5-10,14H2,1-4H3/t16-,21-,22+,23+,24+/m0/s1. The van der Waals surface area contributed by atoms with Crippen molar-refractivity contribution < 1.29 is 44.2 Å². The van der Waals surface area contributed by atoms with Crippen molar-refractivity contribution in [2.75, 3.05) is 7.11 Å². The fourth-order valence-electron chi connectivity index (χ4n) is 3.63. The lowest BCUT2D eigenvalue weighted by Crippen LogP contribution is -2.66. The van der Waals surface area contributed by atoms with Gasteiger partial charge in [0.15, 0.2) is 17.6 Å². The summed E-state index contributed by atoms with van der Waals surface area (Å²) in [6.45, 7) is 5.88. The molecule has 33 heavy (non-hydrogen) atoms. The van der Waals surface area contributed by atoms with Crippen molar-refractivity contribution >= 4 is 5.97 Å². The Morgan fingerprint density at radius 1 is 1.09 bits per heavy atom. The van der Waals surface area contributed by atoms with Crippen molar-refractivity contribution in [1.29, 1.82) is 0 Å². The molecule has 0 unspecified atom stereocenters. The number of unbranched alkanes of at least 4 members (excludes halogenated alkanes) is 3. The molecule has 1 aliphatic heterocycles. The molecule has 5 atom stereocenters. The zero-order valence-corrected chi connectivity index (χ0v) is 19.9. The average Bonchev–Trinajstić information content (AvgIpc) is 2.77. The summed E-state index contributed by atoms with van der Waals surface area (Å²) in [7, 11) is 1.39. The third-order valence-electron chi connectivity index (χ3n) is 5.68. The Kier molecular flexibility index (Phi) is 10.4. The summed E-state index contributed by atoms with van der Waals surface area (Å²) in [4.78, 5) is 12.0. The number of methoxy groups -OCH3 is 1. The van der Waals surface area contributed by atoms with Gasteiger partial charge in [0.1, 0.15) is 18.8 Å². The summed E-state index contributed by atoms with van der Waals surface area (Å²) < 4.78 is 21.2. The number of hydrogen-bond donors (Lipinski definition) is 4. The van der Waals surface area contributed by atoms with Crippen LogP contribution < -0.4 is 9.47 Å². The van der Waals surface area contributed by atoms with E-state index >= 15 is 0 Å². The molecule has 0 spiro atoms. The Morgan fingerprint density at radius 3 is 2.45 bits per heavy atom. The number of carbonyl (C=O) groups is 1. The van der Waals surface area contributed by atoms with E-state index in [1.165, 1.54) is 32.9 Å². The largest absolute Gasteiger partial charge is 0.493 e. The van der Waals surface area contributed by atoms with Gasteiger partial charge >= 0.3 is 11.9 Å². The highest BCUT2D eigenvalue weighted by Gasteiger charge is 2.54. The van der Waals surface area contributed by atoms with Crippen LogP contribution in [0.25, 0.3) is 0 Å². The summed E-state index contributed by atoms with van der Waals surface area (Å²) in [5, 5.41) is 40.5. The van der Waals surface area contributed by atoms with Crippen molar-refractivity contribution in [2.45, 2.75) is 96.3 Å². The summed E-state index contributed by atoms with van der Waals surface area (Å²) >= 11 is 0. The molecule has 1 saturated heterocycles. The van der Waals surface area contributed by atoms with Crippen LogP contribution in [0.3, 0.4) is 0 Å². The SMILES string of the molecule is COc1cc(COC(=O)CCCCCCC(C)C)ccc1O[C@]1(O)O[C@@H](C)[C@H](O)[C@@H](O)[C@H]1O. The molecule has 1 aromatic carbocycles. The maximum absolute atomic E-state index is 12.0. The zero-order valence-electron chi connectivity index (χ0n) is 19.9.